The first kappa shape index (κ1) is 19.2. The predicted molar refractivity (Wildman–Crippen MR) is 101 cm³/mol. The van der Waals surface area contributed by atoms with Crippen LogP contribution in [0, 0.1) is 6.92 Å². The summed E-state index contributed by atoms with van der Waals surface area (Å²) < 4.78 is 14.2. The van der Waals surface area contributed by atoms with Crippen LogP contribution in [0.4, 0.5) is 5.82 Å². The standard InChI is InChI=1S/C17H22N6O3S/c1-12-9-14(21-26-12)18-16(24)11-27-17-20-19-15(23(17)7-8-25-3)10-13-5-4-6-22(13)2/h4-6,9H,7-8,10-11H2,1-3H3,(H,18,21,24). The van der Waals surface area contributed by atoms with Gasteiger partial charge in [-0.05, 0) is 19.1 Å². The second kappa shape index (κ2) is 8.87. The van der Waals surface area contributed by atoms with Crippen molar-refractivity contribution < 1.29 is 14.1 Å². The van der Waals surface area contributed by atoms with Gasteiger partial charge in [-0.2, -0.15) is 0 Å². The maximum atomic E-state index is 12.1. The number of nitrogens with zero attached hydrogens (tertiary/aromatic N) is 5. The largest absolute Gasteiger partial charge is 0.383 e. The second-order valence-electron chi connectivity index (χ2n) is 5.99. The Morgan fingerprint density at radius 1 is 1.41 bits per heavy atom. The lowest BCUT2D eigenvalue weighted by atomic mass is 10.3. The third kappa shape index (κ3) is 4.98. The molecule has 0 bridgehead atoms. The number of hydrogen-bond donors (Lipinski definition) is 1. The van der Waals surface area contributed by atoms with Gasteiger partial charge in [0.05, 0.1) is 12.4 Å². The van der Waals surface area contributed by atoms with E-state index in [1.54, 1.807) is 20.1 Å². The Morgan fingerprint density at radius 3 is 2.93 bits per heavy atom. The molecule has 0 aliphatic carbocycles. The lowest BCUT2D eigenvalue weighted by Crippen LogP contribution is -2.16. The van der Waals surface area contributed by atoms with Crippen LogP contribution in [-0.2, 0) is 29.5 Å². The molecule has 0 atom stereocenters. The zero-order chi connectivity index (χ0) is 19.2. The van der Waals surface area contributed by atoms with Crippen LogP contribution in [0.15, 0.2) is 34.1 Å². The summed E-state index contributed by atoms with van der Waals surface area (Å²) in [6.07, 6.45) is 2.65. The Balaban J connectivity index is 1.66. The van der Waals surface area contributed by atoms with Crippen molar-refractivity contribution in [2.75, 3.05) is 24.8 Å². The van der Waals surface area contributed by atoms with Gasteiger partial charge in [-0.15, -0.1) is 10.2 Å². The Kier molecular flexibility index (Phi) is 6.30. The molecule has 0 aromatic carbocycles. The van der Waals surface area contributed by atoms with Gasteiger partial charge in [0.15, 0.2) is 11.0 Å². The van der Waals surface area contributed by atoms with E-state index in [-0.39, 0.29) is 11.7 Å². The van der Waals surface area contributed by atoms with Crippen molar-refractivity contribution in [3.63, 3.8) is 0 Å². The molecule has 1 N–H and O–H groups in total. The number of carbonyl (C=O) groups is 1. The molecule has 0 aliphatic heterocycles. The van der Waals surface area contributed by atoms with Gasteiger partial charge < -0.3 is 23.7 Å². The second-order valence-corrected chi connectivity index (χ2v) is 6.93. The topological polar surface area (TPSA) is 100 Å². The van der Waals surface area contributed by atoms with Crippen molar-refractivity contribution in [2.45, 2.75) is 25.0 Å². The van der Waals surface area contributed by atoms with E-state index in [0.717, 1.165) is 11.5 Å². The minimum atomic E-state index is -0.182. The normalized spacial score (nSPS) is 11.1. The lowest BCUT2D eigenvalue weighted by Gasteiger charge is -2.10. The molecule has 144 valence electrons. The molecule has 3 rings (SSSR count). The highest BCUT2D eigenvalue weighted by molar-refractivity contribution is 7.99. The van der Waals surface area contributed by atoms with Crippen LogP contribution in [0.3, 0.4) is 0 Å². The summed E-state index contributed by atoms with van der Waals surface area (Å²) in [6, 6.07) is 5.72. The third-order valence-electron chi connectivity index (χ3n) is 3.93. The number of carbonyl (C=O) groups excluding carboxylic acids is 1. The molecule has 3 heterocycles. The highest BCUT2D eigenvalue weighted by atomic mass is 32.2. The minimum absolute atomic E-state index is 0.182. The Morgan fingerprint density at radius 2 is 2.26 bits per heavy atom. The van der Waals surface area contributed by atoms with Crippen molar-refractivity contribution in [2.24, 2.45) is 7.05 Å². The van der Waals surface area contributed by atoms with E-state index in [4.69, 9.17) is 9.26 Å². The molecule has 0 saturated heterocycles. The van der Waals surface area contributed by atoms with Crippen molar-refractivity contribution >= 4 is 23.5 Å². The van der Waals surface area contributed by atoms with Crippen molar-refractivity contribution in [1.82, 2.24) is 24.5 Å². The first-order chi connectivity index (χ1) is 13.1. The van der Waals surface area contributed by atoms with Crippen LogP contribution in [0.2, 0.25) is 0 Å². The summed E-state index contributed by atoms with van der Waals surface area (Å²) in [7, 11) is 3.65. The first-order valence-corrected chi connectivity index (χ1v) is 9.42. The molecule has 0 fully saturated rings. The van der Waals surface area contributed by atoms with Gasteiger partial charge in [0.2, 0.25) is 5.91 Å². The SMILES string of the molecule is COCCn1c(Cc2cccn2C)nnc1SCC(=O)Nc1cc(C)on1. The van der Waals surface area contributed by atoms with Crippen LogP contribution >= 0.6 is 11.8 Å². The number of amides is 1. The van der Waals surface area contributed by atoms with Crippen LogP contribution in [0.25, 0.3) is 0 Å². The van der Waals surface area contributed by atoms with Gasteiger partial charge >= 0.3 is 0 Å². The molecule has 0 aliphatic rings. The molecule has 10 heteroatoms. The molecule has 3 aromatic rings. The Labute approximate surface area is 161 Å². The van der Waals surface area contributed by atoms with E-state index in [0.29, 0.717) is 36.3 Å². The number of ether oxygens (including phenoxy) is 1. The number of hydrogen-bond acceptors (Lipinski definition) is 7. The summed E-state index contributed by atoms with van der Waals surface area (Å²) in [6.45, 7) is 2.93. The molecule has 0 radical (unpaired) electrons. The van der Waals surface area contributed by atoms with Crippen molar-refractivity contribution in [3.8, 4) is 0 Å². The molecule has 3 aromatic heterocycles. The fraction of sp³-hybridized carbons (Fsp3) is 0.412. The fourth-order valence-corrected chi connectivity index (χ4v) is 3.32. The van der Waals surface area contributed by atoms with E-state index in [1.807, 2.05) is 23.9 Å². The van der Waals surface area contributed by atoms with Crippen LogP contribution in [0.1, 0.15) is 17.3 Å². The molecule has 0 unspecified atom stereocenters. The zero-order valence-corrected chi connectivity index (χ0v) is 16.3. The number of aryl methyl sites for hydroxylation is 2. The average Bonchev–Trinajstić information content (AvgIpc) is 3.34. The monoisotopic (exact) mass is 390 g/mol. The van der Waals surface area contributed by atoms with E-state index in [2.05, 4.69) is 31.3 Å². The lowest BCUT2D eigenvalue weighted by molar-refractivity contribution is -0.113. The number of thioether (sulfide) groups is 1. The summed E-state index contributed by atoms with van der Waals surface area (Å²) in [5.41, 5.74) is 1.14. The van der Waals surface area contributed by atoms with Gasteiger partial charge in [-0.1, -0.05) is 16.9 Å². The van der Waals surface area contributed by atoms with E-state index in [9.17, 15) is 4.79 Å². The molecular formula is C17H22N6O3S. The summed E-state index contributed by atoms with van der Waals surface area (Å²) in [5, 5.41) is 15.7. The molecule has 1 amide bonds. The zero-order valence-electron chi connectivity index (χ0n) is 15.5. The maximum Gasteiger partial charge on any atom is 0.236 e. The average molecular weight is 390 g/mol. The van der Waals surface area contributed by atoms with Gasteiger partial charge in [0, 0.05) is 45.1 Å². The Hall–Kier alpha value is -2.59. The highest BCUT2D eigenvalue weighted by Crippen LogP contribution is 2.19. The molecule has 0 spiro atoms. The first-order valence-electron chi connectivity index (χ1n) is 8.44. The summed E-state index contributed by atoms with van der Waals surface area (Å²) in [5.74, 6) is 1.90. The van der Waals surface area contributed by atoms with Gasteiger partial charge in [-0.3, -0.25) is 4.79 Å². The summed E-state index contributed by atoms with van der Waals surface area (Å²) in [4.78, 5) is 12.1. The molecule has 0 saturated carbocycles. The third-order valence-corrected chi connectivity index (χ3v) is 4.90. The number of rotatable bonds is 9. The smallest absolute Gasteiger partial charge is 0.236 e. The number of aromatic nitrogens is 5. The molecule has 9 nitrogen and oxygen atoms in total. The van der Waals surface area contributed by atoms with Gasteiger partial charge in [0.25, 0.3) is 0 Å². The maximum absolute atomic E-state index is 12.1. The van der Waals surface area contributed by atoms with E-state index < -0.39 is 0 Å². The predicted octanol–water partition coefficient (Wildman–Crippen LogP) is 1.88. The van der Waals surface area contributed by atoms with E-state index >= 15 is 0 Å². The Bertz CT molecular complexity index is 900. The fourth-order valence-electron chi connectivity index (χ4n) is 2.54. The minimum Gasteiger partial charge on any atom is -0.383 e. The van der Waals surface area contributed by atoms with Crippen molar-refractivity contribution in [1.29, 1.82) is 0 Å². The van der Waals surface area contributed by atoms with Crippen LogP contribution in [0.5, 0.6) is 0 Å². The van der Waals surface area contributed by atoms with Gasteiger partial charge in [0.1, 0.15) is 11.6 Å². The van der Waals surface area contributed by atoms with Gasteiger partial charge in [-0.25, -0.2) is 0 Å². The van der Waals surface area contributed by atoms with Crippen LogP contribution < -0.4 is 5.32 Å². The van der Waals surface area contributed by atoms with Crippen molar-refractivity contribution in [3.05, 3.63) is 41.7 Å². The highest BCUT2D eigenvalue weighted by Gasteiger charge is 2.16. The quantitative estimate of drug-likeness (QED) is 0.557. The molecule has 27 heavy (non-hydrogen) atoms. The number of anilines is 1. The number of methoxy groups -OCH3 is 1. The number of nitrogens with one attached hydrogen (secondary N) is 1. The van der Waals surface area contributed by atoms with Crippen LogP contribution in [-0.4, -0.2) is 49.9 Å². The van der Waals surface area contributed by atoms with E-state index in [1.165, 1.54) is 11.8 Å². The summed E-state index contributed by atoms with van der Waals surface area (Å²) >= 11 is 1.33. The molecular weight excluding hydrogens is 368 g/mol.